The van der Waals surface area contributed by atoms with Gasteiger partial charge in [0, 0.05) is 16.6 Å². The highest BCUT2D eigenvalue weighted by atomic mass is 35.5. The molecule has 0 amide bonds. The van der Waals surface area contributed by atoms with Crippen LogP contribution in [0.4, 0.5) is 11.4 Å². The fourth-order valence-electron chi connectivity index (χ4n) is 1.91. The van der Waals surface area contributed by atoms with Crippen molar-refractivity contribution in [1.82, 2.24) is 0 Å². The van der Waals surface area contributed by atoms with E-state index in [1.54, 1.807) is 18.2 Å². The topological polar surface area (TPSA) is 75.4 Å². The van der Waals surface area contributed by atoms with E-state index in [4.69, 9.17) is 34.0 Å². The molecule has 21 heavy (non-hydrogen) atoms. The van der Waals surface area contributed by atoms with Gasteiger partial charge in [0.2, 0.25) is 0 Å². The van der Waals surface area contributed by atoms with Crippen molar-refractivity contribution in [2.24, 2.45) is 0 Å². The number of anilines is 2. The van der Waals surface area contributed by atoms with Gasteiger partial charge in [0.05, 0.1) is 16.9 Å². The molecule has 0 bridgehead atoms. The second-order valence-corrected chi connectivity index (χ2v) is 5.36. The lowest BCUT2D eigenvalue weighted by atomic mass is 10.1. The van der Waals surface area contributed by atoms with E-state index >= 15 is 0 Å². The van der Waals surface area contributed by atoms with Gasteiger partial charge in [-0.3, -0.25) is 0 Å². The molecule has 0 aliphatic heterocycles. The molecule has 6 heteroatoms. The molecule has 110 valence electrons. The molecule has 2 aromatic carbocycles. The Morgan fingerprint density at radius 3 is 2.57 bits per heavy atom. The number of carbonyl (C=O) groups is 1. The van der Waals surface area contributed by atoms with E-state index < -0.39 is 5.97 Å². The van der Waals surface area contributed by atoms with Crippen LogP contribution in [0.5, 0.6) is 0 Å². The van der Waals surface area contributed by atoms with Crippen molar-refractivity contribution >= 4 is 40.5 Å². The predicted octanol–water partition coefficient (Wildman–Crippen LogP) is 3.93. The molecule has 0 heterocycles. The van der Waals surface area contributed by atoms with Crippen molar-refractivity contribution in [2.75, 3.05) is 17.6 Å². The number of hydrogen-bond donors (Lipinski definition) is 3. The Morgan fingerprint density at radius 2 is 1.95 bits per heavy atom. The molecule has 0 saturated heterocycles. The first kappa shape index (κ1) is 15.5. The number of hydrogen-bond acceptors (Lipinski definition) is 3. The summed E-state index contributed by atoms with van der Waals surface area (Å²) in [5, 5.41) is 13.3. The number of nitrogens with one attached hydrogen (secondary N) is 1. The van der Waals surface area contributed by atoms with Crippen LogP contribution in [-0.4, -0.2) is 17.6 Å². The van der Waals surface area contributed by atoms with Gasteiger partial charge in [-0.2, -0.15) is 0 Å². The number of benzene rings is 2. The minimum atomic E-state index is -0.999. The van der Waals surface area contributed by atoms with Crippen molar-refractivity contribution in [2.45, 2.75) is 6.42 Å². The summed E-state index contributed by atoms with van der Waals surface area (Å²) < 4.78 is 0. The smallest absolute Gasteiger partial charge is 0.335 e. The third kappa shape index (κ3) is 4.03. The van der Waals surface area contributed by atoms with E-state index in [2.05, 4.69) is 5.32 Å². The Hall–Kier alpha value is -1.91. The zero-order chi connectivity index (χ0) is 15.4. The molecule has 0 aliphatic rings. The number of carboxylic acid groups (broad SMARTS) is 1. The molecular weight excluding hydrogens is 311 g/mol. The van der Waals surface area contributed by atoms with Crippen molar-refractivity contribution < 1.29 is 9.90 Å². The Bertz CT molecular complexity index is 675. The molecule has 2 rings (SSSR count). The number of nitrogens with two attached hydrogens (primary N) is 1. The maximum Gasteiger partial charge on any atom is 0.335 e. The molecular formula is C15H14Cl2N2O2. The third-order valence-corrected chi connectivity index (χ3v) is 3.61. The number of nitrogen functional groups attached to an aromatic ring is 1. The van der Waals surface area contributed by atoms with E-state index in [0.717, 1.165) is 5.56 Å². The van der Waals surface area contributed by atoms with Crippen molar-refractivity contribution in [3.63, 3.8) is 0 Å². The summed E-state index contributed by atoms with van der Waals surface area (Å²) in [6, 6.07) is 9.97. The van der Waals surface area contributed by atoms with Crippen LogP contribution in [0.15, 0.2) is 36.4 Å². The molecule has 0 saturated carbocycles. The van der Waals surface area contributed by atoms with Gasteiger partial charge < -0.3 is 16.2 Å². The first-order valence-corrected chi connectivity index (χ1v) is 7.03. The van der Waals surface area contributed by atoms with Gasteiger partial charge in [-0.15, -0.1) is 0 Å². The Balaban J connectivity index is 1.99. The van der Waals surface area contributed by atoms with Crippen LogP contribution in [0.3, 0.4) is 0 Å². The minimum absolute atomic E-state index is 0.166. The van der Waals surface area contributed by atoms with Gasteiger partial charge in [0.1, 0.15) is 0 Å². The van der Waals surface area contributed by atoms with E-state index in [-0.39, 0.29) is 5.56 Å². The van der Waals surface area contributed by atoms with E-state index in [9.17, 15) is 4.79 Å². The maximum atomic E-state index is 10.8. The van der Waals surface area contributed by atoms with Gasteiger partial charge in [0.25, 0.3) is 0 Å². The molecule has 4 nitrogen and oxygen atoms in total. The summed E-state index contributed by atoms with van der Waals surface area (Å²) in [6.07, 6.45) is 0.704. The highest BCUT2D eigenvalue weighted by molar-refractivity contribution is 6.35. The molecule has 0 atom stereocenters. The van der Waals surface area contributed by atoms with Crippen LogP contribution < -0.4 is 11.1 Å². The van der Waals surface area contributed by atoms with Crippen molar-refractivity contribution in [3.8, 4) is 0 Å². The van der Waals surface area contributed by atoms with E-state index in [1.807, 2.05) is 6.07 Å². The zero-order valence-corrected chi connectivity index (χ0v) is 12.6. The largest absolute Gasteiger partial charge is 0.478 e. The van der Waals surface area contributed by atoms with Crippen LogP contribution in [0.25, 0.3) is 0 Å². The highest BCUT2D eigenvalue weighted by Gasteiger charge is 2.06. The van der Waals surface area contributed by atoms with Gasteiger partial charge in [-0.1, -0.05) is 29.3 Å². The summed E-state index contributed by atoms with van der Waals surface area (Å²) in [6.45, 7) is 0.623. The summed E-state index contributed by atoms with van der Waals surface area (Å²) in [5.41, 5.74) is 8.06. The van der Waals surface area contributed by atoms with Gasteiger partial charge in [0.15, 0.2) is 0 Å². The molecule has 0 aliphatic carbocycles. The molecule has 0 fully saturated rings. The first-order valence-electron chi connectivity index (χ1n) is 6.28. The summed E-state index contributed by atoms with van der Waals surface area (Å²) >= 11 is 11.9. The molecule has 0 radical (unpaired) electrons. The molecule has 0 unspecified atom stereocenters. The van der Waals surface area contributed by atoms with Crippen LogP contribution in [0.1, 0.15) is 15.9 Å². The lowest BCUT2D eigenvalue weighted by Crippen LogP contribution is -2.08. The van der Waals surface area contributed by atoms with E-state index in [1.165, 1.54) is 12.1 Å². The second kappa shape index (κ2) is 6.70. The van der Waals surface area contributed by atoms with Crippen LogP contribution in [0.2, 0.25) is 10.0 Å². The summed E-state index contributed by atoms with van der Waals surface area (Å²) in [5.74, 6) is -0.999. The average Bonchev–Trinajstić information content (AvgIpc) is 2.42. The zero-order valence-electron chi connectivity index (χ0n) is 11.1. The summed E-state index contributed by atoms with van der Waals surface area (Å²) in [4.78, 5) is 10.8. The number of aromatic carboxylic acids is 1. The van der Waals surface area contributed by atoms with Gasteiger partial charge in [-0.25, -0.2) is 4.79 Å². The van der Waals surface area contributed by atoms with Crippen LogP contribution >= 0.6 is 23.2 Å². The molecule has 2 aromatic rings. The first-order chi connectivity index (χ1) is 9.97. The number of halogens is 2. The molecule has 4 N–H and O–H groups in total. The highest BCUT2D eigenvalue weighted by Crippen LogP contribution is 2.23. The second-order valence-electron chi connectivity index (χ2n) is 4.52. The number of carboxylic acids is 1. The fourth-order valence-corrected chi connectivity index (χ4v) is 2.42. The SMILES string of the molecule is Nc1cc(C(=O)O)ccc1NCCc1ccc(Cl)cc1Cl. The lowest BCUT2D eigenvalue weighted by molar-refractivity contribution is 0.0697. The summed E-state index contributed by atoms with van der Waals surface area (Å²) in [7, 11) is 0. The normalized spacial score (nSPS) is 10.4. The van der Waals surface area contributed by atoms with Crippen molar-refractivity contribution in [3.05, 3.63) is 57.6 Å². The Kier molecular flexibility index (Phi) is 4.94. The van der Waals surface area contributed by atoms with Crippen molar-refractivity contribution in [1.29, 1.82) is 0 Å². The third-order valence-electron chi connectivity index (χ3n) is 3.02. The Labute approximate surface area is 132 Å². The number of rotatable bonds is 5. The molecule has 0 aromatic heterocycles. The predicted molar refractivity (Wildman–Crippen MR) is 86.5 cm³/mol. The monoisotopic (exact) mass is 324 g/mol. The minimum Gasteiger partial charge on any atom is -0.478 e. The van der Waals surface area contributed by atoms with Crippen LogP contribution in [-0.2, 0) is 6.42 Å². The fraction of sp³-hybridized carbons (Fsp3) is 0.133. The lowest BCUT2D eigenvalue weighted by Gasteiger charge is -2.11. The maximum absolute atomic E-state index is 10.8. The van der Waals surface area contributed by atoms with Gasteiger partial charge >= 0.3 is 5.97 Å². The standard InChI is InChI=1S/C15H14Cl2N2O2/c16-11-3-1-9(12(17)8-11)5-6-19-14-4-2-10(15(20)21)7-13(14)18/h1-4,7-8,19H,5-6,18H2,(H,20,21). The van der Waals surface area contributed by atoms with Crippen LogP contribution in [0, 0.1) is 0 Å². The average molecular weight is 325 g/mol. The van der Waals surface area contributed by atoms with Gasteiger partial charge in [-0.05, 0) is 42.3 Å². The molecule has 0 spiro atoms. The quantitative estimate of drug-likeness (QED) is 0.728. The Morgan fingerprint density at radius 1 is 1.19 bits per heavy atom. The van der Waals surface area contributed by atoms with E-state index in [0.29, 0.717) is 34.4 Å².